The van der Waals surface area contributed by atoms with Crippen LogP contribution in [-0.2, 0) is 11.2 Å². The first-order valence-electron chi connectivity index (χ1n) is 7.81. The van der Waals surface area contributed by atoms with E-state index in [2.05, 4.69) is 25.1 Å². The molecule has 21 heavy (non-hydrogen) atoms. The van der Waals surface area contributed by atoms with Gasteiger partial charge in [-0.05, 0) is 50.7 Å². The first kappa shape index (κ1) is 16.3. The summed E-state index contributed by atoms with van der Waals surface area (Å²) in [6.07, 6.45) is 6.18. The topological polar surface area (TPSA) is 46.3 Å². The lowest BCUT2D eigenvalue weighted by Crippen LogP contribution is -2.43. The molecule has 0 saturated heterocycles. The Morgan fingerprint density at radius 1 is 1.29 bits per heavy atom. The highest BCUT2D eigenvalue weighted by Gasteiger charge is 2.31. The summed E-state index contributed by atoms with van der Waals surface area (Å²) in [5.41, 5.74) is 9.77. The molecule has 1 aromatic rings. The molecule has 116 valence electrons. The Morgan fingerprint density at radius 2 is 2.10 bits per heavy atom. The van der Waals surface area contributed by atoms with Crippen molar-refractivity contribution in [3.05, 3.63) is 29.3 Å². The van der Waals surface area contributed by atoms with E-state index in [0.717, 1.165) is 50.8 Å². The smallest absolute Gasteiger partial charge is 0.230 e. The standard InChI is InChI=1S/C17H24N2O.ClH/c1-12-7-8-16-13(10-12)5-3-9-19(16)17(20)14-4-2-6-15(18)11-14;/h7-8,10,14-15H,2-6,9,11,18H2,1H3;1H. The van der Waals surface area contributed by atoms with Gasteiger partial charge in [0.25, 0.3) is 0 Å². The minimum Gasteiger partial charge on any atom is -0.328 e. The highest BCUT2D eigenvalue weighted by Crippen LogP contribution is 2.32. The number of amides is 1. The van der Waals surface area contributed by atoms with Crippen molar-refractivity contribution in [1.82, 2.24) is 0 Å². The third-order valence-electron chi connectivity index (χ3n) is 4.68. The number of benzene rings is 1. The number of anilines is 1. The molecular weight excluding hydrogens is 284 g/mol. The minimum atomic E-state index is 0. The molecule has 1 saturated carbocycles. The lowest BCUT2D eigenvalue weighted by atomic mass is 9.84. The Labute approximate surface area is 133 Å². The zero-order valence-electron chi connectivity index (χ0n) is 12.7. The van der Waals surface area contributed by atoms with Crippen molar-refractivity contribution in [1.29, 1.82) is 0 Å². The fraction of sp³-hybridized carbons (Fsp3) is 0.588. The molecular formula is C17H25ClN2O. The Morgan fingerprint density at radius 3 is 2.86 bits per heavy atom. The molecule has 2 unspecified atom stereocenters. The van der Waals surface area contributed by atoms with Gasteiger partial charge in [0.1, 0.15) is 0 Å². The predicted molar refractivity (Wildman–Crippen MR) is 89.0 cm³/mol. The molecule has 0 spiro atoms. The van der Waals surface area contributed by atoms with E-state index in [1.165, 1.54) is 11.1 Å². The average Bonchev–Trinajstić information content (AvgIpc) is 2.45. The predicted octanol–water partition coefficient (Wildman–Crippen LogP) is 3.21. The number of rotatable bonds is 1. The molecule has 3 rings (SSSR count). The van der Waals surface area contributed by atoms with Crippen LogP contribution in [-0.4, -0.2) is 18.5 Å². The second-order valence-corrected chi connectivity index (χ2v) is 6.35. The first-order chi connectivity index (χ1) is 9.65. The fourth-order valence-electron chi connectivity index (χ4n) is 3.63. The molecule has 0 radical (unpaired) electrons. The van der Waals surface area contributed by atoms with Crippen molar-refractivity contribution in [3.8, 4) is 0 Å². The van der Waals surface area contributed by atoms with Gasteiger partial charge in [0.05, 0.1) is 0 Å². The minimum absolute atomic E-state index is 0. The van der Waals surface area contributed by atoms with Crippen LogP contribution in [0.5, 0.6) is 0 Å². The van der Waals surface area contributed by atoms with Crippen LogP contribution in [0.3, 0.4) is 0 Å². The monoisotopic (exact) mass is 308 g/mol. The van der Waals surface area contributed by atoms with E-state index >= 15 is 0 Å². The number of halogens is 1. The molecule has 0 bridgehead atoms. The number of carbonyl (C=O) groups is 1. The number of aryl methyl sites for hydroxylation is 2. The highest BCUT2D eigenvalue weighted by atomic mass is 35.5. The Bertz CT molecular complexity index is 518. The summed E-state index contributed by atoms with van der Waals surface area (Å²) in [5, 5.41) is 0. The quantitative estimate of drug-likeness (QED) is 0.866. The van der Waals surface area contributed by atoms with Gasteiger partial charge < -0.3 is 10.6 Å². The molecule has 2 atom stereocenters. The van der Waals surface area contributed by atoms with Crippen molar-refractivity contribution < 1.29 is 4.79 Å². The molecule has 4 heteroatoms. The van der Waals surface area contributed by atoms with Gasteiger partial charge in [-0.3, -0.25) is 4.79 Å². The third kappa shape index (κ3) is 3.41. The fourth-order valence-corrected chi connectivity index (χ4v) is 3.63. The summed E-state index contributed by atoms with van der Waals surface area (Å²) >= 11 is 0. The molecule has 3 nitrogen and oxygen atoms in total. The van der Waals surface area contributed by atoms with Crippen molar-refractivity contribution in [2.45, 2.75) is 51.5 Å². The van der Waals surface area contributed by atoms with E-state index in [-0.39, 0.29) is 24.4 Å². The maximum absolute atomic E-state index is 12.8. The number of hydrogen-bond donors (Lipinski definition) is 1. The zero-order chi connectivity index (χ0) is 14.1. The summed E-state index contributed by atoms with van der Waals surface area (Å²) < 4.78 is 0. The number of carbonyl (C=O) groups excluding carboxylic acids is 1. The van der Waals surface area contributed by atoms with Crippen LogP contribution < -0.4 is 10.6 Å². The van der Waals surface area contributed by atoms with Crippen LogP contribution in [0.4, 0.5) is 5.69 Å². The number of nitrogens with zero attached hydrogens (tertiary/aromatic N) is 1. The van der Waals surface area contributed by atoms with Gasteiger partial charge in [-0.15, -0.1) is 12.4 Å². The molecule has 1 amide bonds. The van der Waals surface area contributed by atoms with E-state index < -0.39 is 0 Å². The molecule has 1 aliphatic carbocycles. The van der Waals surface area contributed by atoms with Crippen molar-refractivity contribution in [3.63, 3.8) is 0 Å². The third-order valence-corrected chi connectivity index (χ3v) is 4.68. The largest absolute Gasteiger partial charge is 0.328 e. The lowest BCUT2D eigenvalue weighted by molar-refractivity contribution is -0.123. The van der Waals surface area contributed by atoms with Gasteiger partial charge in [0.2, 0.25) is 5.91 Å². The number of nitrogens with two attached hydrogens (primary N) is 1. The summed E-state index contributed by atoms with van der Waals surface area (Å²) in [4.78, 5) is 14.8. The van der Waals surface area contributed by atoms with E-state index in [0.29, 0.717) is 5.91 Å². The SMILES string of the molecule is Cc1ccc2c(c1)CCCN2C(=O)C1CCCC(N)C1.Cl. The second kappa shape index (κ2) is 6.80. The van der Waals surface area contributed by atoms with E-state index in [4.69, 9.17) is 5.73 Å². The van der Waals surface area contributed by atoms with Gasteiger partial charge in [0, 0.05) is 24.2 Å². The molecule has 1 aromatic carbocycles. The summed E-state index contributed by atoms with van der Waals surface area (Å²) in [5.74, 6) is 0.427. The first-order valence-corrected chi connectivity index (χ1v) is 7.81. The summed E-state index contributed by atoms with van der Waals surface area (Å²) in [6, 6.07) is 6.66. The van der Waals surface area contributed by atoms with Crippen LogP contribution >= 0.6 is 12.4 Å². The zero-order valence-corrected chi connectivity index (χ0v) is 13.5. The van der Waals surface area contributed by atoms with Crippen molar-refractivity contribution >= 4 is 24.0 Å². The van der Waals surface area contributed by atoms with Crippen LogP contribution in [0.15, 0.2) is 18.2 Å². The van der Waals surface area contributed by atoms with Crippen molar-refractivity contribution in [2.24, 2.45) is 11.7 Å². The van der Waals surface area contributed by atoms with Gasteiger partial charge in [-0.25, -0.2) is 0 Å². The van der Waals surface area contributed by atoms with Crippen LogP contribution in [0, 0.1) is 12.8 Å². The average molecular weight is 309 g/mol. The molecule has 2 aliphatic rings. The maximum atomic E-state index is 12.8. The van der Waals surface area contributed by atoms with Crippen molar-refractivity contribution in [2.75, 3.05) is 11.4 Å². The number of hydrogen-bond acceptors (Lipinski definition) is 2. The Hall–Kier alpha value is -1.06. The van der Waals surface area contributed by atoms with Gasteiger partial charge in [-0.1, -0.05) is 24.1 Å². The molecule has 1 heterocycles. The van der Waals surface area contributed by atoms with E-state index in [1.807, 2.05) is 4.90 Å². The maximum Gasteiger partial charge on any atom is 0.230 e. The highest BCUT2D eigenvalue weighted by molar-refractivity contribution is 5.96. The number of fused-ring (bicyclic) bond motifs is 1. The molecule has 2 N–H and O–H groups in total. The van der Waals surface area contributed by atoms with E-state index in [1.54, 1.807) is 0 Å². The van der Waals surface area contributed by atoms with Crippen LogP contribution in [0.2, 0.25) is 0 Å². The Kier molecular flexibility index (Phi) is 5.28. The van der Waals surface area contributed by atoms with E-state index in [9.17, 15) is 4.79 Å². The second-order valence-electron chi connectivity index (χ2n) is 6.35. The molecule has 0 aromatic heterocycles. The molecule has 1 fully saturated rings. The molecule has 1 aliphatic heterocycles. The summed E-state index contributed by atoms with van der Waals surface area (Å²) in [7, 11) is 0. The van der Waals surface area contributed by atoms with Crippen LogP contribution in [0.1, 0.15) is 43.2 Å². The van der Waals surface area contributed by atoms with Crippen LogP contribution in [0.25, 0.3) is 0 Å². The van der Waals surface area contributed by atoms with Gasteiger partial charge >= 0.3 is 0 Å². The lowest BCUT2D eigenvalue weighted by Gasteiger charge is -2.35. The summed E-state index contributed by atoms with van der Waals surface area (Å²) in [6.45, 7) is 2.97. The normalized spacial score (nSPS) is 25.0. The van der Waals surface area contributed by atoms with Gasteiger partial charge in [0.15, 0.2) is 0 Å². The Balaban J connectivity index is 0.00000161. The van der Waals surface area contributed by atoms with Gasteiger partial charge in [-0.2, -0.15) is 0 Å².